The van der Waals surface area contributed by atoms with Gasteiger partial charge in [-0.2, -0.15) is 5.10 Å². The normalized spacial score (nSPS) is 10.9. The van der Waals surface area contributed by atoms with Gasteiger partial charge in [0.1, 0.15) is 5.75 Å². The van der Waals surface area contributed by atoms with E-state index in [0.29, 0.717) is 26.0 Å². The SMILES string of the molecule is O=C(O)COc1ccc(C=NNC(=O)c2cc3cc([N+](=O)[O-])ccc3s2)cc1Br. The van der Waals surface area contributed by atoms with Crippen molar-refractivity contribution in [2.45, 2.75) is 0 Å². The van der Waals surface area contributed by atoms with Gasteiger partial charge in [-0.05, 0) is 51.8 Å². The number of nitro groups is 1. The van der Waals surface area contributed by atoms with Gasteiger partial charge in [-0.15, -0.1) is 11.3 Å². The highest BCUT2D eigenvalue weighted by Crippen LogP contribution is 2.29. The number of nitrogens with zero attached hydrogens (tertiary/aromatic N) is 2. The summed E-state index contributed by atoms with van der Waals surface area (Å²) in [4.78, 5) is 33.5. The summed E-state index contributed by atoms with van der Waals surface area (Å²) in [6, 6.07) is 10.9. The van der Waals surface area contributed by atoms with Crippen LogP contribution in [0.3, 0.4) is 0 Å². The van der Waals surface area contributed by atoms with Crippen molar-refractivity contribution in [2.75, 3.05) is 6.61 Å². The number of nitrogens with one attached hydrogen (secondary N) is 1. The Labute approximate surface area is 175 Å². The maximum absolute atomic E-state index is 12.3. The first-order chi connectivity index (χ1) is 13.8. The molecule has 0 aliphatic carbocycles. The van der Waals surface area contributed by atoms with Crippen molar-refractivity contribution in [3.8, 4) is 5.75 Å². The Morgan fingerprint density at radius 3 is 2.76 bits per heavy atom. The third-order valence-electron chi connectivity index (χ3n) is 3.62. The molecule has 148 valence electrons. The van der Waals surface area contributed by atoms with Crippen LogP contribution in [-0.2, 0) is 4.79 Å². The number of thiophene rings is 1. The third kappa shape index (κ3) is 5.15. The first kappa shape index (κ1) is 20.4. The lowest BCUT2D eigenvalue weighted by molar-refractivity contribution is -0.384. The van der Waals surface area contributed by atoms with Crippen molar-refractivity contribution < 1.29 is 24.4 Å². The molecule has 0 bridgehead atoms. The zero-order chi connectivity index (χ0) is 21.0. The van der Waals surface area contributed by atoms with Gasteiger partial charge in [0, 0.05) is 22.2 Å². The van der Waals surface area contributed by atoms with Gasteiger partial charge in [0.2, 0.25) is 0 Å². The molecule has 11 heteroatoms. The molecule has 3 rings (SSSR count). The van der Waals surface area contributed by atoms with Crippen molar-refractivity contribution in [1.29, 1.82) is 0 Å². The summed E-state index contributed by atoms with van der Waals surface area (Å²) in [5.41, 5.74) is 3.01. The Bertz CT molecular complexity index is 1140. The highest BCUT2D eigenvalue weighted by atomic mass is 79.9. The molecule has 0 saturated heterocycles. The molecule has 0 fully saturated rings. The predicted molar refractivity (Wildman–Crippen MR) is 111 cm³/mol. The number of benzene rings is 2. The second-order valence-electron chi connectivity index (χ2n) is 5.66. The maximum atomic E-state index is 12.3. The largest absolute Gasteiger partial charge is 0.481 e. The van der Waals surface area contributed by atoms with Crippen LogP contribution in [0, 0.1) is 10.1 Å². The van der Waals surface area contributed by atoms with Crippen LogP contribution in [0.25, 0.3) is 10.1 Å². The van der Waals surface area contributed by atoms with E-state index in [2.05, 4.69) is 26.5 Å². The number of rotatable bonds is 7. The zero-order valence-electron chi connectivity index (χ0n) is 14.5. The summed E-state index contributed by atoms with van der Waals surface area (Å²) >= 11 is 4.48. The average molecular weight is 478 g/mol. The molecular weight excluding hydrogens is 466 g/mol. The number of non-ortho nitro benzene ring substituents is 1. The standard InChI is InChI=1S/C18H12BrN3O6S/c19-13-5-10(1-3-14(13)28-9-17(23)24)8-20-21-18(25)16-7-11-6-12(22(26)27)2-4-15(11)29-16/h1-8H,9H2,(H,21,25)(H,23,24). The summed E-state index contributed by atoms with van der Waals surface area (Å²) in [5, 5.41) is 24.0. The van der Waals surface area contributed by atoms with Crippen LogP contribution < -0.4 is 10.2 Å². The second kappa shape index (κ2) is 8.80. The van der Waals surface area contributed by atoms with Crippen LogP contribution in [0.5, 0.6) is 5.75 Å². The van der Waals surface area contributed by atoms with E-state index in [-0.39, 0.29) is 5.69 Å². The van der Waals surface area contributed by atoms with Gasteiger partial charge in [0.15, 0.2) is 6.61 Å². The number of nitro benzene ring substituents is 1. The maximum Gasteiger partial charge on any atom is 0.341 e. The molecule has 0 unspecified atom stereocenters. The summed E-state index contributed by atoms with van der Waals surface area (Å²) in [5.74, 6) is -1.15. The van der Waals surface area contributed by atoms with Crippen LogP contribution >= 0.6 is 27.3 Å². The predicted octanol–water partition coefficient (Wildman–Crippen LogP) is 3.80. The number of amides is 1. The number of ether oxygens (including phenoxy) is 1. The lowest BCUT2D eigenvalue weighted by atomic mass is 10.2. The lowest BCUT2D eigenvalue weighted by Gasteiger charge is -2.06. The Balaban J connectivity index is 1.66. The molecule has 1 amide bonds. The fourth-order valence-corrected chi connectivity index (χ4v) is 3.77. The molecule has 0 saturated carbocycles. The number of carboxylic acids is 1. The molecule has 3 aromatic rings. The summed E-state index contributed by atoms with van der Waals surface area (Å²) in [6.07, 6.45) is 1.42. The highest BCUT2D eigenvalue weighted by Gasteiger charge is 2.13. The molecule has 0 spiro atoms. The first-order valence-corrected chi connectivity index (χ1v) is 9.60. The van der Waals surface area contributed by atoms with Crippen molar-refractivity contribution in [3.05, 3.63) is 67.5 Å². The van der Waals surface area contributed by atoms with E-state index in [0.717, 1.165) is 4.70 Å². The molecule has 2 aromatic carbocycles. The van der Waals surface area contributed by atoms with Crippen molar-refractivity contribution >= 4 is 61.1 Å². The van der Waals surface area contributed by atoms with Gasteiger partial charge in [-0.1, -0.05) is 0 Å². The minimum absolute atomic E-state index is 0.0402. The number of fused-ring (bicyclic) bond motifs is 1. The average Bonchev–Trinajstić information content (AvgIpc) is 3.10. The topological polar surface area (TPSA) is 131 Å². The molecule has 1 heterocycles. The number of halogens is 1. The van der Waals surface area contributed by atoms with Crippen molar-refractivity contribution in [3.63, 3.8) is 0 Å². The molecule has 0 aliphatic heterocycles. The van der Waals surface area contributed by atoms with E-state index in [1.807, 2.05) is 0 Å². The van der Waals surface area contributed by atoms with Gasteiger partial charge in [0.25, 0.3) is 11.6 Å². The number of carboxylic acid groups (broad SMARTS) is 1. The van der Waals surface area contributed by atoms with Crippen LogP contribution in [0.2, 0.25) is 0 Å². The van der Waals surface area contributed by atoms with E-state index in [9.17, 15) is 19.7 Å². The Kier molecular flexibility index (Phi) is 6.20. The van der Waals surface area contributed by atoms with Crippen LogP contribution in [0.4, 0.5) is 5.69 Å². The number of hydrogen-bond acceptors (Lipinski definition) is 7. The highest BCUT2D eigenvalue weighted by molar-refractivity contribution is 9.10. The molecule has 9 nitrogen and oxygen atoms in total. The molecule has 1 aromatic heterocycles. The van der Waals surface area contributed by atoms with Crippen LogP contribution in [0.15, 0.2) is 52.0 Å². The minimum atomic E-state index is -1.08. The van der Waals surface area contributed by atoms with Gasteiger partial charge < -0.3 is 9.84 Å². The van der Waals surface area contributed by atoms with Crippen molar-refractivity contribution in [2.24, 2.45) is 5.10 Å². The molecule has 0 radical (unpaired) electrons. The fourth-order valence-electron chi connectivity index (χ4n) is 2.33. The number of carbonyl (C=O) groups excluding carboxylic acids is 1. The van der Waals surface area contributed by atoms with Gasteiger partial charge in [-0.3, -0.25) is 14.9 Å². The number of carbonyl (C=O) groups is 2. The number of aliphatic carboxylic acids is 1. The fraction of sp³-hybridized carbons (Fsp3) is 0.0556. The van der Waals surface area contributed by atoms with Crippen molar-refractivity contribution in [1.82, 2.24) is 5.43 Å². The summed E-state index contributed by atoms with van der Waals surface area (Å²) in [7, 11) is 0. The van der Waals surface area contributed by atoms with Crippen LogP contribution in [0.1, 0.15) is 15.2 Å². The lowest BCUT2D eigenvalue weighted by Crippen LogP contribution is -2.16. The third-order valence-corrected chi connectivity index (χ3v) is 5.36. The number of hydrazone groups is 1. The summed E-state index contributed by atoms with van der Waals surface area (Å²) in [6.45, 7) is -0.458. The van der Waals surface area contributed by atoms with E-state index in [4.69, 9.17) is 9.84 Å². The first-order valence-electron chi connectivity index (χ1n) is 7.99. The van der Waals surface area contributed by atoms with E-state index >= 15 is 0 Å². The Morgan fingerprint density at radius 2 is 2.07 bits per heavy atom. The zero-order valence-corrected chi connectivity index (χ0v) is 16.9. The second-order valence-corrected chi connectivity index (χ2v) is 7.60. The number of hydrogen-bond donors (Lipinski definition) is 2. The van der Waals surface area contributed by atoms with Gasteiger partial charge >= 0.3 is 5.97 Å². The summed E-state index contributed by atoms with van der Waals surface area (Å²) < 4.78 is 6.40. The van der Waals surface area contributed by atoms with Crippen LogP contribution in [-0.4, -0.2) is 34.7 Å². The quantitative estimate of drug-likeness (QED) is 0.302. The van der Waals surface area contributed by atoms with Gasteiger partial charge in [-0.25, -0.2) is 10.2 Å². The molecule has 29 heavy (non-hydrogen) atoms. The molecular formula is C18H12BrN3O6S. The Morgan fingerprint density at radius 1 is 1.28 bits per heavy atom. The molecule has 0 aliphatic rings. The monoisotopic (exact) mass is 477 g/mol. The van der Waals surface area contributed by atoms with E-state index < -0.39 is 23.4 Å². The molecule has 2 N–H and O–H groups in total. The van der Waals surface area contributed by atoms with Gasteiger partial charge in [0.05, 0.1) is 20.5 Å². The molecule has 0 atom stereocenters. The van der Waals surface area contributed by atoms with E-state index in [1.54, 1.807) is 30.3 Å². The van der Waals surface area contributed by atoms with E-state index in [1.165, 1.54) is 29.7 Å². The smallest absolute Gasteiger partial charge is 0.341 e. The Hall–Kier alpha value is -3.31. The minimum Gasteiger partial charge on any atom is -0.481 e.